The minimum Gasteiger partial charge on any atom is -0.507 e. The Hall–Kier alpha value is -3.59. The fourth-order valence-corrected chi connectivity index (χ4v) is 4.15. The monoisotopic (exact) mass is 430 g/mol. The van der Waals surface area contributed by atoms with Crippen LogP contribution in [-0.4, -0.2) is 59.8 Å². The van der Waals surface area contributed by atoms with Gasteiger partial charge in [-0.25, -0.2) is 9.50 Å². The average Bonchev–Trinajstić information content (AvgIpc) is 3.41. The number of phenolic OH excluding ortho intramolecular Hbond substituents is 1. The second-order valence-corrected chi connectivity index (χ2v) is 9.22. The van der Waals surface area contributed by atoms with Crippen molar-refractivity contribution in [3.63, 3.8) is 0 Å². The predicted molar refractivity (Wildman–Crippen MR) is 122 cm³/mol. The van der Waals surface area contributed by atoms with Crippen molar-refractivity contribution in [2.45, 2.75) is 38.8 Å². The number of benzene rings is 1. The molecule has 0 amide bonds. The molecule has 9 nitrogen and oxygen atoms in total. The highest BCUT2D eigenvalue weighted by atomic mass is 16.3. The van der Waals surface area contributed by atoms with Crippen molar-refractivity contribution < 1.29 is 5.11 Å². The first kappa shape index (κ1) is 20.3. The summed E-state index contributed by atoms with van der Waals surface area (Å²) in [5.74, 6) is 0.749. The number of hydrogen-bond donors (Lipinski definition) is 2. The van der Waals surface area contributed by atoms with Gasteiger partial charge in [0.15, 0.2) is 0 Å². The Morgan fingerprint density at radius 1 is 1.06 bits per heavy atom. The van der Waals surface area contributed by atoms with E-state index in [0.29, 0.717) is 23.2 Å². The maximum atomic E-state index is 10.7. The van der Waals surface area contributed by atoms with Crippen LogP contribution in [0.25, 0.3) is 27.9 Å². The minimum absolute atomic E-state index is 0.0783. The molecule has 1 unspecified atom stereocenters. The summed E-state index contributed by atoms with van der Waals surface area (Å²) in [5.41, 5.74) is 3.96. The summed E-state index contributed by atoms with van der Waals surface area (Å²) in [5, 5.41) is 30.8. The number of rotatable bonds is 4. The highest BCUT2D eigenvalue weighted by Crippen LogP contribution is 2.32. The van der Waals surface area contributed by atoms with Gasteiger partial charge in [-0.05, 0) is 62.6 Å². The molecule has 4 aromatic rings. The molecule has 4 heterocycles. The van der Waals surface area contributed by atoms with Gasteiger partial charge in [0.05, 0.1) is 17.9 Å². The molecule has 1 aliphatic heterocycles. The molecule has 0 bridgehead atoms. The molecular formula is C23H26N8O. The Labute approximate surface area is 186 Å². The standard InChI is InChI=1S/C23H26N8O/c1-23(2,3)26-17-7-8-30(14-17)22-24-13-20(27-28-22)19-5-4-15(11-21(19)32)16-6-9-31-18(10-16)12-25-29-31/h4-6,9-13,17,26,32H,7-8,14H2,1-3H3. The lowest BCUT2D eigenvalue weighted by Crippen LogP contribution is -2.45. The second-order valence-electron chi connectivity index (χ2n) is 9.22. The SMILES string of the molecule is CC(C)(C)NC1CCN(c2ncc(-c3ccc(-c4ccn5nncc5c4)cc3O)nn2)C1. The van der Waals surface area contributed by atoms with Crippen LogP contribution >= 0.6 is 0 Å². The molecule has 0 aliphatic carbocycles. The number of nitrogens with one attached hydrogen (secondary N) is 1. The van der Waals surface area contributed by atoms with E-state index in [4.69, 9.17) is 0 Å². The van der Waals surface area contributed by atoms with E-state index in [9.17, 15) is 5.11 Å². The van der Waals surface area contributed by atoms with Crippen LogP contribution in [0.3, 0.4) is 0 Å². The van der Waals surface area contributed by atoms with Gasteiger partial charge in [-0.1, -0.05) is 11.3 Å². The van der Waals surface area contributed by atoms with Gasteiger partial charge in [-0.3, -0.25) is 0 Å². The van der Waals surface area contributed by atoms with E-state index in [0.717, 1.165) is 36.2 Å². The fourth-order valence-electron chi connectivity index (χ4n) is 4.15. The maximum Gasteiger partial charge on any atom is 0.245 e. The van der Waals surface area contributed by atoms with E-state index in [2.05, 4.69) is 56.5 Å². The van der Waals surface area contributed by atoms with Gasteiger partial charge in [-0.2, -0.15) is 0 Å². The minimum atomic E-state index is 0.0783. The van der Waals surface area contributed by atoms with Crippen LogP contribution in [0.1, 0.15) is 27.2 Å². The number of pyridine rings is 1. The Morgan fingerprint density at radius 3 is 2.66 bits per heavy atom. The third-order valence-electron chi connectivity index (χ3n) is 5.57. The molecule has 1 fully saturated rings. The summed E-state index contributed by atoms with van der Waals surface area (Å²) < 4.78 is 1.70. The molecule has 1 aromatic carbocycles. The van der Waals surface area contributed by atoms with Gasteiger partial charge in [0, 0.05) is 36.4 Å². The van der Waals surface area contributed by atoms with Gasteiger partial charge in [0.25, 0.3) is 0 Å². The van der Waals surface area contributed by atoms with Crippen molar-refractivity contribution in [3.05, 3.63) is 48.9 Å². The van der Waals surface area contributed by atoms with Gasteiger partial charge >= 0.3 is 0 Å². The van der Waals surface area contributed by atoms with Crippen LogP contribution in [-0.2, 0) is 0 Å². The third-order valence-corrected chi connectivity index (χ3v) is 5.57. The molecule has 32 heavy (non-hydrogen) atoms. The van der Waals surface area contributed by atoms with Crippen LogP contribution < -0.4 is 10.2 Å². The van der Waals surface area contributed by atoms with Crippen molar-refractivity contribution in [2.24, 2.45) is 0 Å². The molecule has 0 radical (unpaired) electrons. The predicted octanol–water partition coefficient (Wildman–Crippen LogP) is 2.92. The Kier molecular flexibility index (Phi) is 4.97. The molecule has 164 valence electrons. The Balaban J connectivity index is 1.33. The molecule has 1 atom stereocenters. The summed E-state index contributed by atoms with van der Waals surface area (Å²) in [6, 6.07) is 9.83. The summed E-state index contributed by atoms with van der Waals surface area (Å²) in [6.45, 7) is 8.27. The summed E-state index contributed by atoms with van der Waals surface area (Å²) in [4.78, 5) is 6.66. The molecule has 0 spiro atoms. The smallest absolute Gasteiger partial charge is 0.245 e. The number of phenols is 1. The molecule has 1 aliphatic rings. The second kappa shape index (κ2) is 7.83. The number of aromatic hydroxyl groups is 1. The highest BCUT2D eigenvalue weighted by Gasteiger charge is 2.27. The van der Waals surface area contributed by atoms with Crippen molar-refractivity contribution >= 4 is 11.5 Å². The zero-order chi connectivity index (χ0) is 22.3. The number of fused-ring (bicyclic) bond motifs is 1. The van der Waals surface area contributed by atoms with Gasteiger partial charge in [-0.15, -0.1) is 15.3 Å². The normalized spacial score (nSPS) is 16.7. The fraction of sp³-hybridized carbons (Fsp3) is 0.348. The molecule has 9 heteroatoms. The van der Waals surface area contributed by atoms with E-state index in [-0.39, 0.29) is 11.3 Å². The third kappa shape index (κ3) is 4.11. The lowest BCUT2D eigenvalue weighted by Gasteiger charge is -2.25. The van der Waals surface area contributed by atoms with Crippen molar-refractivity contribution in [2.75, 3.05) is 18.0 Å². The molecule has 1 saturated heterocycles. The van der Waals surface area contributed by atoms with E-state index >= 15 is 0 Å². The first-order valence-corrected chi connectivity index (χ1v) is 10.7. The van der Waals surface area contributed by atoms with Gasteiger partial charge < -0.3 is 15.3 Å². The quantitative estimate of drug-likeness (QED) is 0.509. The lowest BCUT2D eigenvalue weighted by atomic mass is 10.0. The molecule has 5 rings (SSSR count). The molecule has 0 saturated carbocycles. The Morgan fingerprint density at radius 2 is 1.91 bits per heavy atom. The first-order valence-electron chi connectivity index (χ1n) is 10.7. The molecule has 2 N–H and O–H groups in total. The highest BCUT2D eigenvalue weighted by molar-refractivity contribution is 5.75. The van der Waals surface area contributed by atoms with E-state index in [1.54, 1.807) is 23.0 Å². The summed E-state index contributed by atoms with van der Waals surface area (Å²) >= 11 is 0. The zero-order valence-electron chi connectivity index (χ0n) is 18.4. The van der Waals surface area contributed by atoms with Crippen LogP contribution in [0.15, 0.2) is 48.9 Å². The molecule has 3 aromatic heterocycles. The number of aromatic nitrogens is 6. The van der Waals surface area contributed by atoms with E-state index in [1.807, 2.05) is 30.5 Å². The van der Waals surface area contributed by atoms with Crippen LogP contribution in [0.2, 0.25) is 0 Å². The summed E-state index contributed by atoms with van der Waals surface area (Å²) in [7, 11) is 0. The van der Waals surface area contributed by atoms with Gasteiger partial charge in [0.2, 0.25) is 5.95 Å². The first-order chi connectivity index (χ1) is 15.4. The zero-order valence-corrected chi connectivity index (χ0v) is 18.4. The topological polar surface area (TPSA) is 104 Å². The largest absolute Gasteiger partial charge is 0.507 e. The Bertz CT molecular complexity index is 1250. The lowest BCUT2D eigenvalue weighted by molar-refractivity contribution is 0.373. The number of nitrogens with zero attached hydrogens (tertiary/aromatic N) is 7. The summed E-state index contributed by atoms with van der Waals surface area (Å²) in [6.07, 6.45) is 6.26. The van der Waals surface area contributed by atoms with E-state index < -0.39 is 0 Å². The molecular weight excluding hydrogens is 404 g/mol. The number of anilines is 1. The van der Waals surface area contributed by atoms with E-state index in [1.165, 1.54) is 0 Å². The van der Waals surface area contributed by atoms with Crippen LogP contribution in [0.5, 0.6) is 5.75 Å². The van der Waals surface area contributed by atoms with Crippen LogP contribution in [0.4, 0.5) is 5.95 Å². The number of hydrogen-bond acceptors (Lipinski definition) is 8. The van der Waals surface area contributed by atoms with Crippen molar-refractivity contribution in [3.8, 4) is 28.1 Å². The van der Waals surface area contributed by atoms with Crippen molar-refractivity contribution in [1.82, 2.24) is 35.3 Å². The van der Waals surface area contributed by atoms with Gasteiger partial charge in [0.1, 0.15) is 11.4 Å². The maximum absolute atomic E-state index is 10.7. The van der Waals surface area contributed by atoms with Crippen LogP contribution in [0, 0.1) is 0 Å². The van der Waals surface area contributed by atoms with Crippen molar-refractivity contribution in [1.29, 1.82) is 0 Å². The average molecular weight is 431 g/mol.